The number of rotatable bonds is 2. The molecule has 0 amide bonds. The molecule has 0 unspecified atom stereocenters. The minimum atomic E-state index is 0. The number of nitrogens with zero attached hydrogens (tertiary/aromatic N) is 2. The van der Waals surface area contributed by atoms with Gasteiger partial charge in [0.15, 0.2) is 0 Å². The fraction of sp³-hybridized carbons (Fsp3) is 0.571. The zero-order valence-electron chi connectivity index (χ0n) is 7.80. The van der Waals surface area contributed by atoms with E-state index in [2.05, 4.69) is 16.5 Å². The van der Waals surface area contributed by atoms with Crippen molar-refractivity contribution in [2.24, 2.45) is 4.99 Å². The van der Waals surface area contributed by atoms with E-state index in [1.807, 2.05) is 13.0 Å². The van der Waals surface area contributed by atoms with Crippen LogP contribution in [-0.2, 0) is 0 Å². The summed E-state index contributed by atoms with van der Waals surface area (Å²) in [5.74, 6) is 1.15. The first-order chi connectivity index (χ1) is 4.34. The summed E-state index contributed by atoms with van der Waals surface area (Å²) in [6.07, 6.45) is 1.91. The normalized spacial score (nSPS) is 16.1. The van der Waals surface area contributed by atoms with E-state index in [1.54, 1.807) is 0 Å². The summed E-state index contributed by atoms with van der Waals surface area (Å²) in [6.45, 7) is 8.67. The molecular formula is C7H13N2Na. The molecule has 0 fully saturated rings. The monoisotopic (exact) mass is 148 g/mol. The van der Waals surface area contributed by atoms with E-state index in [1.165, 1.54) is 0 Å². The Labute approximate surface area is 85.8 Å². The Kier molecular flexibility index (Phi) is 5.04. The van der Waals surface area contributed by atoms with Crippen LogP contribution in [-0.4, -0.2) is 30.4 Å². The molecule has 2 nitrogen and oxygen atoms in total. The third-order valence-corrected chi connectivity index (χ3v) is 1.52. The van der Waals surface area contributed by atoms with Crippen molar-refractivity contribution in [2.45, 2.75) is 6.92 Å². The summed E-state index contributed by atoms with van der Waals surface area (Å²) in [4.78, 5) is 6.45. The third-order valence-electron chi connectivity index (χ3n) is 1.52. The maximum Gasteiger partial charge on any atom is 1.00 e. The molecule has 0 atom stereocenters. The van der Waals surface area contributed by atoms with Gasteiger partial charge in [-0.3, -0.25) is 4.99 Å². The molecule has 10 heavy (non-hydrogen) atoms. The molecule has 0 saturated carbocycles. The van der Waals surface area contributed by atoms with Crippen LogP contribution in [0.4, 0.5) is 0 Å². The van der Waals surface area contributed by atoms with Crippen molar-refractivity contribution < 1.29 is 31.0 Å². The molecule has 0 aromatic rings. The van der Waals surface area contributed by atoms with Gasteiger partial charge in [0.25, 0.3) is 0 Å². The van der Waals surface area contributed by atoms with Gasteiger partial charge in [0, 0.05) is 13.1 Å². The van der Waals surface area contributed by atoms with Gasteiger partial charge in [-0.1, -0.05) is 6.08 Å². The van der Waals surface area contributed by atoms with Crippen LogP contribution in [0.25, 0.3) is 0 Å². The summed E-state index contributed by atoms with van der Waals surface area (Å²) in [7, 11) is 0. The van der Waals surface area contributed by atoms with E-state index in [9.17, 15) is 0 Å². The summed E-state index contributed by atoms with van der Waals surface area (Å²) in [6, 6.07) is 0. The fourth-order valence-corrected chi connectivity index (χ4v) is 0.974. The van der Waals surface area contributed by atoms with Crippen LogP contribution < -0.4 is 29.6 Å². The molecule has 1 aliphatic rings. The minimum Gasteiger partial charge on any atom is -1.00 e. The van der Waals surface area contributed by atoms with Crippen molar-refractivity contribution >= 4 is 5.84 Å². The molecule has 0 N–H and O–H groups in total. The Morgan fingerprint density at radius 2 is 2.60 bits per heavy atom. The first-order valence-electron chi connectivity index (χ1n) is 3.21. The van der Waals surface area contributed by atoms with Crippen LogP contribution in [0.2, 0.25) is 0 Å². The topological polar surface area (TPSA) is 15.6 Å². The molecule has 0 aliphatic carbocycles. The Hall–Kier alpha value is 0.210. The van der Waals surface area contributed by atoms with Crippen LogP contribution >= 0.6 is 0 Å². The zero-order valence-corrected chi connectivity index (χ0v) is 8.80. The van der Waals surface area contributed by atoms with Crippen molar-refractivity contribution in [3.8, 4) is 0 Å². The summed E-state index contributed by atoms with van der Waals surface area (Å²) in [5.41, 5.74) is 0. The predicted octanol–water partition coefficient (Wildman–Crippen LogP) is -1.98. The quantitative estimate of drug-likeness (QED) is 0.327. The second-order valence-corrected chi connectivity index (χ2v) is 2.16. The smallest absolute Gasteiger partial charge is 1.00 e. The van der Waals surface area contributed by atoms with Crippen molar-refractivity contribution in [3.05, 3.63) is 12.7 Å². The molecule has 52 valence electrons. The van der Waals surface area contributed by atoms with Gasteiger partial charge < -0.3 is 6.33 Å². The first-order valence-corrected chi connectivity index (χ1v) is 3.21. The van der Waals surface area contributed by atoms with Crippen molar-refractivity contribution in [1.82, 2.24) is 4.90 Å². The average molecular weight is 148 g/mol. The molecule has 0 saturated heterocycles. The molecule has 0 aromatic carbocycles. The minimum absolute atomic E-state index is 0. The summed E-state index contributed by atoms with van der Waals surface area (Å²) >= 11 is 0. The van der Waals surface area contributed by atoms with Crippen molar-refractivity contribution in [2.75, 3.05) is 19.6 Å². The van der Waals surface area contributed by atoms with Gasteiger partial charge in [-0.25, -0.2) is 0 Å². The zero-order chi connectivity index (χ0) is 6.69. The second kappa shape index (κ2) is 4.94. The summed E-state index contributed by atoms with van der Waals surface area (Å²) in [5, 5.41) is 0. The van der Waals surface area contributed by atoms with Crippen LogP contribution in [0, 0.1) is 0 Å². The van der Waals surface area contributed by atoms with E-state index in [4.69, 9.17) is 0 Å². The maximum absolute atomic E-state index is 4.23. The van der Waals surface area contributed by atoms with Gasteiger partial charge in [0.2, 0.25) is 0 Å². The van der Waals surface area contributed by atoms with Crippen LogP contribution in [0.15, 0.2) is 17.6 Å². The van der Waals surface area contributed by atoms with Gasteiger partial charge in [0.1, 0.15) is 0 Å². The molecular weight excluding hydrogens is 135 g/mol. The van der Waals surface area contributed by atoms with E-state index in [0.717, 1.165) is 25.5 Å². The molecule has 1 aliphatic heterocycles. The largest absolute Gasteiger partial charge is 1.00 e. The second-order valence-electron chi connectivity index (χ2n) is 2.16. The average Bonchev–Trinajstić information content (AvgIpc) is 2.18. The fourth-order valence-electron chi connectivity index (χ4n) is 0.974. The third kappa shape index (κ3) is 2.45. The van der Waals surface area contributed by atoms with Gasteiger partial charge in [0.05, 0.1) is 12.4 Å². The molecule has 0 spiro atoms. The van der Waals surface area contributed by atoms with Crippen LogP contribution in [0.1, 0.15) is 8.35 Å². The van der Waals surface area contributed by atoms with Crippen LogP contribution in [0.5, 0.6) is 0 Å². The van der Waals surface area contributed by atoms with Crippen LogP contribution in [0.3, 0.4) is 0 Å². The Balaban J connectivity index is 0. The Bertz CT molecular complexity index is 147. The maximum atomic E-state index is 4.23. The summed E-state index contributed by atoms with van der Waals surface area (Å²) < 4.78 is 0. The van der Waals surface area contributed by atoms with Crippen molar-refractivity contribution in [3.63, 3.8) is 0 Å². The van der Waals surface area contributed by atoms with E-state index in [-0.39, 0.29) is 31.0 Å². The Morgan fingerprint density at radius 1 is 1.90 bits per heavy atom. The number of amidine groups is 1. The van der Waals surface area contributed by atoms with Gasteiger partial charge >= 0.3 is 29.6 Å². The number of hydrogen-bond donors (Lipinski definition) is 0. The molecule has 1 heterocycles. The Morgan fingerprint density at radius 3 is 3.00 bits per heavy atom. The van der Waals surface area contributed by atoms with Crippen molar-refractivity contribution in [1.29, 1.82) is 0 Å². The van der Waals surface area contributed by atoms with Gasteiger partial charge in [-0.2, -0.15) is 0 Å². The molecule has 0 aromatic heterocycles. The van der Waals surface area contributed by atoms with Gasteiger partial charge in [-0.15, -0.1) is 6.58 Å². The van der Waals surface area contributed by atoms with E-state index in [0.29, 0.717) is 0 Å². The molecule has 0 radical (unpaired) electrons. The molecule has 3 heteroatoms. The molecule has 1 rings (SSSR count). The molecule has 0 bridgehead atoms. The van der Waals surface area contributed by atoms with E-state index >= 15 is 0 Å². The number of hydrogen-bond acceptors (Lipinski definition) is 2. The standard InChI is InChI=1S/C7H12N2.Na.H/c1-3-5-9-6-4-8-7(9)2;;/h3H,1,4-6H2,2H3;;/q;+1;-1. The van der Waals surface area contributed by atoms with E-state index < -0.39 is 0 Å². The first kappa shape index (κ1) is 10.2. The van der Waals surface area contributed by atoms with Gasteiger partial charge in [-0.05, 0) is 6.92 Å². The predicted molar refractivity (Wildman–Crippen MR) is 40.9 cm³/mol. The number of aliphatic imine (C=N–C) groups is 1. The SMILES string of the molecule is C=CCN1CCN=C1C.[H-].[Na+].